The molecule has 0 heterocycles. The topological polar surface area (TPSA) is 3.24 Å². The summed E-state index contributed by atoms with van der Waals surface area (Å²) in [6, 6.07) is 0. The summed E-state index contributed by atoms with van der Waals surface area (Å²) < 4.78 is 0. The lowest BCUT2D eigenvalue weighted by molar-refractivity contribution is -0.156. The third kappa shape index (κ3) is 2.56. The van der Waals surface area contributed by atoms with Crippen LogP contribution in [0.2, 0.25) is 0 Å². The van der Waals surface area contributed by atoms with Crippen molar-refractivity contribution in [3.8, 4) is 0 Å². The molecule has 0 N–H and O–H groups in total. The largest absolute Gasteiger partial charge is 0.301 e. The summed E-state index contributed by atoms with van der Waals surface area (Å²) in [5, 5.41) is 0. The molecule has 1 nitrogen and oxygen atoms in total. The van der Waals surface area contributed by atoms with E-state index in [1.54, 1.807) is 0 Å². The monoisotopic (exact) mass is 277 g/mol. The molecule has 0 radical (unpaired) electrons. The molecule has 0 saturated heterocycles. The van der Waals surface area contributed by atoms with Gasteiger partial charge in [-0.1, -0.05) is 40.0 Å². The minimum absolute atomic E-state index is 0.565. The molecule has 1 heteroatoms. The number of unbranched alkanes of at least 4 members (excludes halogenated alkanes) is 3. The van der Waals surface area contributed by atoms with Gasteiger partial charge in [-0.05, 0) is 75.3 Å². The number of rotatable bonds is 6. The summed E-state index contributed by atoms with van der Waals surface area (Å²) in [6.07, 6.45) is 14.6. The first-order valence-electron chi connectivity index (χ1n) is 9.10. The number of hydrogen-bond acceptors (Lipinski definition) is 1. The van der Waals surface area contributed by atoms with Gasteiger partial charge in [0.15, 0.2) is 0 Å². The van der Waals surface area contributed by atoms with Crippen LogP contribution in [-0.2, 0) is 0 Å². The van der Waals surface area contributed by atoms with Crippen LogP contribution < -0.4 is 0 Å². The molecule has 0 aromatic heterocycles. The molecule has 4 aliphatic carbocycles. The zero-order valence-corrected chi connectivity index (χ0v) is 14.3. The summed E-state index contributed by atoms with van der Waals surface area (Å²) in [4.78, 5) is 2.80. The Morgan fingerprint density at radius 2 is 1.55 bits per heavy atom. The molecule has 0 aromatic rings. The highest BCUT2D eigenvalue weighted by Crippen LogP contribution is 2.67. The zero-order chi connectivity index (χ0) is 14.4. The lowest BCUT2D eigenvalue weighted by atomic mass is 9.42. The van der Waals surface area contributed by atoms with E-state index in [0.717, 1.165) is 5.92 Å². The van der Waals surface area contributed by atoms with Crippen LogP contribution >= 0.6 is 0 Å². The van der Waals surface area contributed by atoms with Crippen molar-refractivity contribution >= 4 is 0 Å². The van der Waals surface area contributed by atoms with E-state index in [4.69, 9.17) is 0 Å². The predicted molar refractivity (Wildman–Crippen MR) is 86.9 cm³/mol. The summed E-state index contributed by atoms with van der Waals surface area (Å²) in [6.45, 7) is 8.83. The van der Waals surface area contributed by atoms with Gasteiger partial charge in [0.25, 0.3) is 0 Å². The Hall–Kier alpha value is -0.0400. The lowest BCUT2D eigenvalue weighted by Crippen LogP contribution is -2.64. The number of nitrogens with zero attached hydrogens (tertiary/aromatic N) is 1. The van der Waals surface area contributed by atoms with Crippen molar-refractivity contribution in [1.29, 1.82) is 0 Å². The van der Waals surface area contributed by atoms with Gasteiger partial charge in [0.2, 0.25) is 0 Å². The van der Waals surface area contributed by atoms with Crippen LogP contribution in [0, 0.1) is 16.7 Å². The second-order valence-corrected chi connectivity index (χ2v) is 9.34. The van der Waals surface area contributed by atoms with Gasteiger partial charge in [-0.15, -0.1) is 0 Å². The molecule has 4 saturated carbocycles. The maximum absolute atomic E-state index is 2.80. The zero-order valence-electron chi connectivity index (χ0n) is 14.3. The normalized spacial score (nSPS) is 46.4. The van der Waals surface area contributed by atoms with Crippen molar-refractivity contribution in [2.45, 2.75) is 90.5 Å². The van der Waals surface area contributed by atoms with Crippen molar-refractivity contribution in [2.24, 2.45) is 16.7 Å². The molecule has 0 aromatic carbocycles. The van der Waals surface area contributed by atoms with Crippen LogP contribution in [0.3, 0.4) is 0 Å². The summed E-state index contributed by atoms with van der Waals surface area (Å²) >= 11 is 0. The van der Waals surface area contributed by atoms with E-state index in [1.807, 2.05) is 0 Å². The van der Waals surface area contributed by atoms with E-state index >= 15 is 0 Å². The smallest absolute Gasteiger partial charge is 0.0219 e. The van der Waals surface area contributed by atoms with E-state index in [2.05, 4.69) is 32.7 Å². The Bertz CT molecular complexity index is 343. The van der Waals surface area contributed by atoms with Crippen LogP contribution in [0.4, 0.5) is 0 Å². The molecule has 2 atom stereocenters. The highest BCUT2D eigenvalue weighted by atomic mass is 15.2. The van der Waals surface area contributed by atoms with Crippen molar-refractivity contribution < 1.29 is 0 Å². The van der Waals surface area contributed by atoms with Gasteiger partial charge in [0, 0.05) is 5.54 Å². The fourth-order valence-corrected chi connectivity index (χ4v) is 6.83. The fraction of sp³-hybridized carbons (Fsp3) is 1.00. The second-order valence-electron chi connectivity index (χ2n) is 9.34. The Morgan fingerprint density at radius 3 is 2.10 bits per heavy atom. The Morgan fingerprint density at radius 1 is 0.900 bits per heavy atom. The van der Waals surface area contributed by atoms with Gasteiger partial charge in [-0.25, -0.2) is 0 Å². The van der Waals surface area contributed by atoms with Crippen LogP contribution in [0.15, 0.2) is 0 Å². The summed E-state index contributed by atoms with van der Waals surface area (Å²) in [5.41, 5.74) is 1.88. The molecular weight excluding hydrogens is 242 g/mol. The molecule has 0 amide bonds. The molecule has 0 aliphatic heterocycles. The van der Waals surface area contributed by atoms with Crippen molar-refractivity contribution in [1.82, 2.24) is 4.90 Å². The summed E-state index contributed by atoms with van der Waals surface area (Å²) in [7, 11) is 2.44. The van der Waals surface area contributed by atoms with E-state index in [1.165, 1.54) is 70.8 Å². The van der Waals surface area contributed by atoms with Gasteiger partial charge in [-0.3, -0.25) is 0 Å². The van der Waals surface area contributed by atoms with Crippen LogP contribution in [-0.4, -0.2) is 24.0 Å². The average molecular weight is 277 g/mol. The third-order valence-corrected chi connectivity index (χ3v) is 6.75. The molecule has 4 fully saturated rings. The standard InChI is InChI=1S/C19H35N/c1-5-6-7-8-9-20(4)19-12-16-10-17(2,14-19)13-18(3,11-16)15-19/h16H,5-15H2,1-4H3. The van der Waals surface area contributed by atoms with E-state index in [9.17, 15) is 0 Å². The SMILES string of the molecule is CCCCCCN(C)C12CC3CC(C)(CC(C)(C3)C1)C2. The van der Waals surface area contributed by atoms with Gasteiger partial charge < -0.3 is 4.90 Å². The fourth-order valence-electron chi connectivity index (χ4n) is 6.83. The van der Waals surface area contributed by atoms with Gasteiger partial charge in [0.1, 0.15) is 0 Å². The molecule has 4 bridgehead atoms. The Kier molecular flexibility index (Phi) is 3.72. The van der Waals surface area contributed by atoms with Crippen LogP contribution in [0.5, 0.6) is 0 Å². The number of hydrogen-bond donors (Lipinski definition) is 0. The van der Waals surface area contributed by atoms with Crippen molar-refractivity contribution in [3.63, 3.8) is 0 Å². The van der Waals surface area contributed by atoms with Crippen molar-refractivity contribution in [3.05, 3.63) is 0 Å². The highest BCUT2D eigenvalue weighted by molar-refractivity contribution is 5.14. The Balaban J connectivity index is 1.68. The minimum Gasteiger partial charge on any atom is -0.301 e. The molecule has 4 aliphatic rings. The van der Waals surface area contributed by atoms with Gasteiger partial charge in [0.05, 0.1) is 0 Å². The maximum Gasteiger partial charge on any atom is 0.0219 e. The highest BCUT2D eigenvalue weighted by Gasteiger charge is 2.61. The predicted octanol–water partition coefficient (Wildman–Crippen LogP) is 5.25. The quantitative estimate of drug-likeness (QED) is 0.600. The summed E-state index contributed by atoms with van der Waals surface area (Å²) in [5.74, 6) is 1.03. The van der Waals surface area contributed by atoms with Crippen molar-refractivity contribution in [2.75, 3.05) is 13.6 Å². The Labute approximate surface area is 126 Å². The van der Waals surface area contributed by atoms with E-state index in [0.29, 0.717) is 16.4 Å². The molecule has 2 unspecified atom stereocenters. The lowest BCUT2D eigenvalue weighted by Gasteiger charge is -2.67. The minimum atomic E-state index is 0.565. The third-order valence-electron chi connectivity index (χ3n) is 6.75. The second kappa shape index (κ2) is 5.00. The average Bonchev–Trinajstić information content (AvgIpc) is 2.29. The van der Waals surface area contributed by atoms with Gasteiger partial charge >= 0.3 is 0 Å². The van der Waals surface area contributed by atoms with E-state index in [-0.39, 0.29) is 0 Å². The van der Waals surface area contributed by atoms with Gasteiger partial charge in [-0.2, -0.15) is 0 Å². The molecular formula is C19H35N. The molecule has 20 heavy (non-hydrogen) atoms. The first-order chi connectivity index (χ1) is 9.39. The molecule has 116 valence electrons. The van der Waals surface area contributed by atoms with Crippen LogP contribution in [0.25, 0.3) is 0 Å². The first-order valence-corrected chi connectivity index (χ1v) is 9.10. The maximum atomic E-state index is 2.80. The molecule has 4 rings (SSSR count). The molecule has 0 spiro atoms. The van der Waals surface area contributed by atoms with E-state index < -0.39 is 0 Å². The van der Waals surface area contributed by atoms with Crippen LogP contribution in [0.1, 0.15) is 85.0 Å². The first kappa shape index (κ1) is 14.9.